The number of methoxy groups -OCH3 is 2. The minimum atomic E-state index is -3.38. The zero-order valence-corrected chi connectivity index (χ0v) is 18.3. The summed E-state index contributed by atoms with van der Waals surface area (Å²) in [7, 11) is -0.245. The maximum absolute atomic E-state index is 12.3. The Morgan fingerprint density at radius 1 is 1.10 bits per heavy atom. The number of ether oxygens (including phenoxy) is 2. The van der Waals surface area contributed by atoms with Gasteiger partial charge in [-0.1, -0.05) is 30.3 Å². The highest BCUT2D eigenvalue weighted by atomic mass is 32.2. The van der Waals surface area contributed by atoms with E-state index in [4.69, 9.17) is 9.47 Å². The third-order valence-corrected chi connectivity index (χ3v) is 6.66. The molecular formula is C21H22N2O5S2. The van der Waals surface area contributed by atoms with Gasteiger partial charge in [0.25, 0.3) is 0 Å². The fourth-order valence-corrected chi connectivity index (χ4v) is 4.87. The summed E-state index contributed by atoms with van der Waals surface area (Å²) in [6.45, 7) is 0. The summed E-state index contributed by atoms with van der Waals surface area (Å²) in [5, 5.41) is 4.85. The molecule has 0 spiro atoms. The summed E-state index contributed by atoms with van der Waals surface area (Å²) in [4.78, 5) is 16.6. The van der Waals surface area contributed by atoms with Gasteiger partial charge in [0, 0.05) is 17.4 Å². The number of thiazole rings is 1. The Kier molecular flexibility index (Phi) is 7.07. The Morgan fingerprint density at radius 2 is 1.87 bits per heavy atom. The second kappa shape index (κ2) is 9.73. The van der Waals surface area contributed by atoms with E-state index in [1.165, 1.54) is 11.3 Å². The van der Waals surface area contributed by atoms with Gasteiger partial charge in [0.2, 0.25) is 5.91 Å². The fraction of sp³-hybridized carbons (Fsp3) is 0.238. The molecule has 0 bridgehead atoms. The Morgan fingerprint density at radius 3 is 2.57 bits per heavy atom. The van der Waals surface area contributed by atoms with Crippen molar-refractivity contribution in [3.63, 3.8) is 0 Å². The number of carbonyl (C=O) groups excluding carboxylic acids is 1. The Labute approximate surface area is 179 Å². The predicted molar refractivity (Wildman–Crippen MR) is 118 cm³/mol. The number of hydrogen-bond acceptors (Lipinski definition) is 7. The molecule has 0 atom stereocenters. The Bertz CT molecular complexity index is 1110. The van der Waals surface area contributed by atoms with Crippen LogP contribution in [-0.4, -0.2) is 39.3 Å². The molecule has 0 saturated heterocycles. The van der Waals surface area contributed by atoms with Crippen molar-refractivity contribution in [1.82, 2.24) is 4.98 Å². The van der Waals surface area contributed by atoms with Crippen molar-refractivity contribution in [2.24, 2.45) is 0 Å². The first kappa shape index (κ1) is 21.8. The molecule has 1 amide bonds. The largest absolute Gasteiger partial charge is 0.497 e. The van der Waals surface area contributed by atoms with Crippen LogP contribution in [0.5, 0.6) is 11.5 Å². The third-order valence-electron chi connectivity index (χ3n) is 4.30. The van der Waals surface area contributed by atoms with Gasteiger partial charge < -0.3 is 14.8 Å². The first-order valence-electron chi connectivity index (χ1n) is 9.12. The molecule has 0 aliphatic carbocycles. The van der Waals surface area contributed by atoms with Gasteiger partial charge in [-0.05, 0) is 23.8 Å². The molecule has 9 heteroatoms. The highest BCUT2D eigenvalue weighted by Crippen LogP contribution is 2.35. The van der Waals surface area contributed by atoms with Crippen LogP contribution < -0.4 is 14.8 Å². The fourth-order valence-electron chi connectivity index (χ4n) is 2.80. The van der Waals surface area contributed by atoms with Gasteiger partial charge in [-0.25, -0.2) is 13.4 Å². The van der Waals surface area contributed by atoms with Crippen LogP contribution in [0.3, 0.4) is 0 Å². The van der Waals surface area contributed by atoms with Gasteiger partial charge in [-0.3, -0.25) is 4.79 Å². The van der Waals surface area contributed by atoms with Crippen molar-refractivity contribution in [3.8, 4) is 22.8 Å². The van der Waals surface area contributed by atoms with E-state index in [-0.39, 0.29) is 17.9 Å². The Balaban J connectivity index is 1.61. The monoisotopic (exact) mass is 446 g/mol. The number of anilines is 1. The normalized spacial score (nSPS) is 11.1. The molecule has 3 aromatic rings. The minimum Gasteiger partial charge on any atom is -0.497 e. The molecule has 3 rings (SSSR count). The third kappa shape index (κ3) is 5.80. The molecular weight excluding hydrogens is 424 g/mol. The molecule has 7 nitrogen and oxygen atoms in total. The summed E-state index contributed by atoms with van der Waals surface area (Å²) in [5.74, 6) is 0.581. The Hall–Kier alpha value is -2.91. The standard InChI is InChI=1S/C21H22N2O5S2/c1-27-16-8-9-19(28-2)17(12-16)18-13-29-21(22-18)23-20(24)10-11-30(25,26)14-15-6-4-3-5-7-15/h3-9,12-13H,10-11,14H2,1-2H3,(H,22,23,24). The van der Waals surface area contributed by atoms with E-state index < -0.39 is 15.7 Å². The molecule has 0 saturated carbocycles. The summed E-state index contributed by atoms with van der Waals surface area (Å²) in [6.07, 6.45) is -0.132. The van der Waals surface area contributed by atoms with Crippen LogP contribution >= 0.6 is 11.3 Å². The van der Waals surface area contributed by atoms with Crippen LogP contribution in [0.1, 0.15) is 12.0 Å². The molecule has 0 fully saturated rings. The number of amides is 1. The van der Waals surface area contributed by atoms with E-state index in [0.717, 1.165) is 5.56 Å². The molecule has 158 valence electrons. The lowest BCUT2D eigenvalue weighted by Gasteiger charge is -2.08. The molecule has 30 heavy (non-hydrogen) atoms. The first-order chi connectivity index (χ1) is 14.4. The number of sulfone groups is 1. The van der Waals surface area contributed by atoms with Gasteiger partial charge >= 0.3 is 0 Å². The number of carbonyl (C=O) groups is 1. The SMILES string of the molecule is COc1ccc(OC)c(-c2csc(NC(=O)CCS(=O)(=O)Cc3ccccc3)n2)c1. The zero-order chi connectivity index (χ0) is 21.6. The van der Waals surface area contributed by atoms with Crippen molar-refractivity contribution in [1.29, 1.82) is 0 Å². The van der Waals surface area contributed by atoms with E-state index in [0.29, 0.717) is 27.9 Å². The highest BCUT2D eigenvalue weighted by molar-refractivity contribution is 7.90. The van der Waals surface area contributed by atoms with Crippen molar-refractivity contribution < 1.29 is 22.7 Å². The summed E-state index contributed by atoms with van der Waals surface area (Å²) < 4.78 is 35.1. The van der Waals surface area contributed by atoms with Crippen LogP contribution in [0.25, 0.3) is 11.3 Å². The molecule has 0 radical (unpaired) electrons. The van der Waals surface area contributed by atoms with Crippen LogP contribution in [0.4, 0.5) is 5.13 Å². The zero-order valence-electron chi connectivity index (χ0n) is 16.6. The van der Waals surface area contributed by atoms with Gasteiger partial charge in [0.1, 0.15) is 11.5 Å². The lowest BCUT2D eigenvalue weighted by atomic mass is 10.1. The van der Waals surface area contributed by atoms with Crippen LogP contribution in [0, 0.1) is 0 Å². The predicted octanol–water partition coefficient (Wildman–Crippen LogP) is 3.77. The van der Waals surface area contributed by atoms with E-state index in [2.05, 4.69) is 10.3 Å². The molecule has 0 unspecified atom stereocenters. The van der Waals surface area contributed by atoms with Gasteiger partial charge in [0.15, 0.2) is 15.0 Å². The number of nitrogens with zero attached hydrogens (tertiary/aromatic N) is 1. The van der Waals surface area contributed by atoms with Crippen molar-refractivity contribution >= 4 is 32.2 Å². The minimum absolute atomic E-state index is 0.0852. The summed E-state index contributed by atoms with van der Waals surface area (Å²) in [5.41, 5.74) is 2.07. The molecule has 1 heterocycles. The van der Waals surface area contributed by atoms with Crippen LogP contribution in [-0.2, 0) is 20.4 Å². The second-order valence-electron chi connectivity index (χ2n) is 6.48. The van der Waals surface area contributed by atoms with E-state index in [1.807, 2.05) is 6.07 Å². The first-order valence-corrected chi connectivity index (χ1v) is 11.8. The maximum Gasteiger partial charge on any atom is 0.227 e. The van der Waals surface area contributed by atoms with Gasteiger partial charge in [0.05, 0.1) is 31.4 Å². The second-order valence-corrected chi connectivity index (χ2v) is 9.52. The van der Waals surface area contributed by atoms with Crippen molar-refractivity contribution in [2.45, 2.75) is 12.2 Å². The van der Waals surface area contributed by atoms with Crippen LogP contribution in [0.2, 0.25) is 0 Å². The topological polar surface area (TPSA) is 94.6 Å². The van der Waals surface area contributed by atoms with E-state index >= 15 is 0 Å². The van der Waals surface area contributed by atoms with Crippen LogP contribution in [0.15, 0.2) is 53.9 Å². The quantitative estimate of drug-likeness (QED) is 0.538. The number of aromatic nitrogens is 1. The average molecular weight is 447 g/mol. The lowest BCUT2D eigenvalue weighted by Crippen LogP contribution is -2.18. The number of benzene rings is 2. The molecule has 1 aromatic heterocycles. The average Bonchev–Trinajstić information content (AvgIpc) is 3.20. The highest BCUT2D eigenvalue weighted by Gasteiger charge is 2.16. The van der Waals surface area contributed by atoms with E-state index in [9.17, 15) is 13.2 Å². The van der Waals surface area contributed by atoms with Gasteiger partial charge in [-0.2, -0.15) is 0 Å². The van der Waals surface area contributed by atoms with E-state index in [1.54, 1.807) is 62.1 Å². The number of hydrogen-bond donors (Lipinski definition) is 1. The number of rotatable bonds is 9. The lowest BCUT2D eigenvalue weighted by molar-refractivity contribution is -0.115. The van der Waals surface area contributed by atoms with Crippen molar-refractivity contribution in [2.75, 3.05) is 25.3 Å². The number of nitrogens with one attached hydrogen (secondary N) is 1. The molecule has 2 aromatic carbocycles. The molecule has 0 aliphatic rings. The maximum atomic E-state index is 12.3. The van der Waals surface area contributed by atoms with Crippen molar-refractivity contribution in [3.05, 3.63) is 59.5 Å². The molecule has 0 aliphatic heterocycles. The summed E-state index contributed by atoms with van der Waals surface area (Å²) >= 11 is 1.25. The smallest absolute Gasteiger partial charge is 0.227 e. The summed E-state index contributed by atoms with van der Waals surface area (Å²) in [6, 6.07) is 14.3. The molecule has 1 N–H and O–H groups in total. The van der Waals surface area contributed by atoms with Gasteiger partial charge in [-0.15, -0.1) is 11.3 Å².